The topological polar surface area (TPSA) is 9.23 Å². The molecular weight excluding hydrogens is 162 g/mol. The van der Waals surface area contributed by atoms with Gasteiger partial charge in [0, 0.05) is 6.07 Å². The maximum Gasteiger partial charge on any atom is 0.126 e. The van der Waals surface area contributed by atoms with Crippen LogP contribution in [0.4, 0.5) is 8.78 Å². The molecule has 0 fully saturated rings. The first-order chi connectivity index (χ1) is 5.74. The summed E-state index contributed by atoms with van der Waals surface area (Å²) in [4.78, 5) is 0. The van der Waals surface area contributed by atoms with Gasteiger partial charge in [-0.2, -0.15) is 0 Å². The van der Waals surface area contributed by atoms with Crippen molar-refractivity contribution >= 4 is 0 Å². The zero-order valence-electron chi connectivity index (χ0n) is 6.81. The Labute approximate surface area is 70.0 Å². The third-order valence-corrected chi connectivity index (χ3v) is 1.48. The van der Waals surface area contributed by atoms with Crippen LogP contribution in [0.3, 0.4) is 0 Å². The van der Waals surface area contributed by atoms with E-state index in [1.54, 1.807) is 13.0 Å². The van der Waals surface area contributed by atoms with Crippen molar-refractivity contribution in [3.63, 3.8) is 0 Å². The molecule has 0 aliphatic carbocycles. The van der Waals surface area contributed by atoms with Gasteiger partial charge in [-0.25, -0.2) is 8.78 Å². The molecule has 0 saturated carbocycles. The smallest absolute Gasteiger partial charge is 0.126 e. The standard InChI is InChI=1S/C9H10F2O/c1-7-2-3-8(11)6-9(7)12-5-4-10/h2-3,6H,4-5H2,1H3. The van der Waals surface area contributed by atoms with Gasteiger partial charge in [0.15, 0.2) is 0 Å². The average molecular weight is 172 g/mol. The maximum atomic E-state index is 12.6. The maximum absolute atomic E-state index is 12.6. The first kappa shape index (κ1) is 8.97. The molecule has 12 heavy (non-hydrogen) atoms. The number of aryl methyl sites for hydroxylation is 1. The van der Waals surface area contributed by atoms with Crippen molar-refractivity contribution in [3.8, 4) is 5.75 Å². The first-order valence-electron chi connectivity index (χ1n) is 3.69. The van der Waals surface area contributed by atoms with Crippen LogP contribution < -0.4 is 4.74 Å². The van der Waals surface area contributed by atoms with Crippen LogP contribution in [0.1, 0.15) is 5.56 Å². The lowest BCUT2D eigenvalue weighted by molar-refractivity contribution is 0.271. The highest BCUT2D eigenvalue weighted by atomic mass is 19.1. The van der Waals surface area contributed by atoms with Gasteiger partial charge in [0.25, 0.3) is 0 Å². The molecule has 0 atom stereocenters. The summed E-state index contributed by atoms with van der Waals surface area (Å²) in [6, 6.07) is 4.20. The second kappa shape index (κ2) is 4.04. The van der Waals surface area contributed by atoms with Crippen molar-refractivity contribution in [1.82, 2.24) is 0 Å². The zero-order valence-corrected chi connectivity index (χ0v) is 6.81. The Kier molecular flexibility index (Phi) is 3.02. The number of hydrogen-bond donors (Lipinski definition) is 0. The highest BCUT2D eigenvalue weighted by molar-refractivity contribution is 5.32. The van der Waals surface area contributed by atoms with Gasteiger partial charge in [-0.3, -0.25) is 0 Å². The van der Waals surface area contributed by atoms with Crippen LogP contribution in [0.5, 0.6) is 5.75 Å². The Morgan fingerprint density at radius 2 is 2.17 bits per heavy atom. The van der Waals surface area contributed by atoms with E-state index in [0.717, 1.165) is 5.56 Å². The number of rotatable bonds is 3. The summed E-state index contributed by atoms with van der Waals surface area (Å²) in [5.74, 6) is 0.0436. The third-order valence-electron chi connectivity index (χ3n) is 1.48. The minimum Gasteiger partial charge on any atom is -0.490 e. The summed E-state index contributed by atoms with van der Waals surface area (Å²) in [6.07, 6.45) is 0. The van der Waals surface area contributed by atoms with E-state index >= 15 is 0 Å². The predicted molar refractivity (Wildman–Crippen MR) is 42.6 cm³/mol. The molecule has 0 aliphatic rings. The van der Waals surface area contributed by atoms with E-state index in [1.165, 1.54) is 12.1 Å². The summed E-state index contributed by atoms with van der Waals surface area (Å²) in [5, 5.41) is 0. The lowest BCUT2D eigenvalue weighted by Gasteiger charge is -2.06. The summed E-state index contributed by atoms with van der Waals surface area (Å²) in [5.41, 5.74) is 0.810. The summed E-state index contributed by atoms with van der Waals surface area (Å²) < 4.78 is 29.2. The summed E-state index contributed by atoms with van der Waals surface area (Å²) in [6.45, 7) is 1.20. The minimum absolute atomic E-state index is 0.0235. The van der Waals surface area contributed by atoms with E-state index in [-0.39, 0.29) is 12.4 Å². The SMILES string of the molecule is Cc1ccc(F)cc1OCCF. The Morgan fingerprint density at radius 3 is 2.83 bits per heavy atom. The molecule has 1 rings (SSSR count). The lowest BCUT2D eigenvalue weighted by atomic mass is 10.2. The van der Waals surface area contributed by atoms with E-state index in [4.69, 9.17) is 4.74 Å². The van der Waals surface area contributed by atoms with Crippen LogP contribution in [0.15, 0.2) is 18.2 Å². The monoisotopic (exact) mass is 172 g/mol. The molecule has 0 aromatic heterocycles. The molecule has 0 unspecified atom stereocenters. The number of halogens is 2. The van der Waals surface area contributed by atoms with Gasteiger partial charge in [-0.05, 0) is 18.6 Å². The Hall–Kier alpha value is -1.12. The van der Waals surface area contributed by atoms with Crippen molar-refractivity contribution in [2.45, 2.75) is 6.92 Å². The fourth-order valence-corrected chi connectivity index (χ4v) is 0.878. The van der Waals surface area contributed by atoms with Crippen LogP contribution in [-0.4, -0.2) is 13.3 Å². The highest BCUT2D eigenvalue weighted by Gasteiger charge is 2.00. The van der Waals surface area contributed by atoms with Crippen LogP contribution in [0.2, 0.25) is 0 Å². The molecule has 3 heteroatoms. The van der Waals surface area contributed by atoms with Crippen molar-refractivity contribution < 1.29 is 13.5 Å². The van der Waals surface area contributed by atoms with Crippen LogP contribution >= 0.6 is 0 Å². The molecule has 0 radical (unpaired) electrons. The summed E-state index contributed by atoms with van der Waals surface area (Å²) in [7, 11) is 0. The Bertz CT molecular complexity index is 261. The molecule has 0 spiro atoms. The van der Waals surface area contributed by atoms with Gasteiger partial charge in [0.2, 0.25) is 0 Å². The van der Waals surface area contributed by atoms with Gasteiger partial charge in [0.05, 0.1) is 0 Å². The van der Waals surface area contributed by atoms with Crippen LogP contribution in [0, 0.1) is 12.7 Å². The van der Waals surface area contributed by atoms with Gasteiger partial charge < -0.3 is 4.74 Å². The summed E-state index contributed by atoms with van der Waals surface area (Å²) >= 11 is 0. The predicted octanol–water partition coefficient (Wildman–Crippen LogP) is 2.48. The van der Waals surface area contributed by atoms with E-state index < -0.39 is 6.67 Å². The van der Waals surface area contributed by atoms with Crippen LogP contribution in [-0.2, 0) is 0 Å². The molecule has 0 N–H and O–H groups in total. The molecule has 66 valence electrons. The Morgan fingerprint density at radius 1 is 1.42 bits per heavy atom. The number of alkyl halides is 1. The first-order valence-corrected chi connectivity index (χ1v) is 3.69. The normalized spacial score (nSPS) is 9.92. The second-order valence-electron chi connectivity index (χ2n) is 2.45. The average Bonchev–Trinajstić information content (AvgIpc) is 2.07. The molecule has 0 aliphatic heterocycles. The molecule has 0 saturated heterocycles. The van der Waals surface area contributed by atoms with Crippen molar-refractivity contribution in [2.24, 2.45) is 0 Å². The van der Waals surface area contributed by atoms with E-state index in [1.807, 2.05) is 0 Å². The van der Waals surface area contributed by atoms with Gasteiger partial charge in [0.1, 0.15) is 24.8 Å². The number of hydrogen-bond acceptors (Lipinski definition) is 1. The molecule has 1 nitrogen and oxygen atoms in total. The van der Waals surface area contributed by atoms with Gasteiger partial charge in [-0.1, -0.05) is 6.07 Å². The van der Waals surface area contributed by atoms with E-state index in [2.05, 4.69) is 0 Å². The molecule has 0 bridgehead atoms. The largest absolute Gasteiger partial charge is 0.490 e. The van der Waals surface area contributed by atoms with Gasteiger partial charge in [-0.15, -0.1) is 0 Å². The molecule has 1 aromatic rings. The molecular formula is C9H10F2O. The third kappa shape index (κ3) is 2.19. The van der Waals surface area contributed by atoms with Crippen molar-refractivity contribution in [1.29, 1.82) is 0 Å². The lowest BCUT2D eigenvalue weighted by Crippen LogP contribution is -2.00. The minimum atomic E-state index is -0.560. The Balaban J connectivity index is 2.75. The second-order valence-corrected chi connectivity index (χ2v) is 2.45. The van der Waals surface area contributed by atoms with Crippen molar-refractivity contribution in [3.05, 3.63) is 29.6 Å². The number of ether oxygens (including phenoxy) is 1. The molecule has 0 heterocycles. The fraction of sp³-hybridized carbons (Fsp3) is 0.333. The van der Waals surface area contributed by atoms with Crippen LogP contribution in [0.25, 0.3) is 0 Å². The van der Waals surface area contributed by atoms with Crippen molar-refractivity contribution in [2.75, 3.05) is 13.3 Å². The molecule has 0 amide bonds. The van der Waals surface area contributed by atoms with Gasteiger partial charge >= 0.3 is 0 Å². The fourth-order valence-electron chi connectivity index (χ4n) is 0.878. The quantitative estimate of drug-likeness (QED) is 0.680. The highest BCUT2D eigenvalue weighted by Crippen LogP contribution is 2.18. The number of benzene rings is 1. The van der Waals surface area contributed by atoms with E-state index in [0.29, 0.717) is 5.75 Å². The molecule has 1 aromatic carbocycles. The van der Waals surface area contributed by atoms with E-state index in [9.17, 15) is 8.78 Å². The zero-order chi connectivity index (χ0) is 8.97.